The SMILES string of the molecule is CC(=O)NCC(O)C(O)c1ccc(Cl)cc1[N+](=O)[O-]. The summed E-state index contributed by atoms with van der Waals surface area (Å²) in [5, 5.41) is 32.9. The molecule has 0 fully saturated rings. The monoisotopic (exact) mass is 288 g/mol. The Balaban J connectivity index is 2.95. The lowest BCUT2D eigenvalue weighted by molar-refractivity contribution is -0.386. The molecule has 2 atom stereocenters. The van der Waals surface area contributed by atoms with Gasteiger partial charge in [0, 0.05) is 24.6 Å². The number of nitro groups is 1. The number of hydrogen-bond acceptors (Lipinski definition) is 5. The summed E-state index contributed by atoms with van der Waals surface area (Å²) in [5.41, 5.74) is -0.450. The first-order chi connectivity index (χ1) is 8.82. The van der Waals surface area contributed by atoms with Crippen molar-refractivity contribution in [3.05, 3.63) is 38.9 Å². The molecule has 8 heteroatoms. The van der Waals surface area contributed by atoms with Gasteiger partial charge in [-0.15, -0.1) is 0 Å². The second-order valence-electron chi connectivity index (χ2n) is 3.91. The Morgan fingerprint density at radius 2 is 2.16 bits per heavy atom. The van der Waals surface area contributed by atoms with E-state index in [1.807, 2.05) is 0 Å². The number of aliphatic hydroxyl groups is 2. The molecule has 0 saturated heterocycles. The summed E-state index contributed by atoms with van der Waals surface area (Å²) in [4.78, 5) is 20.9. The maximum atomic E-state index is 10.9. The van der Waals surface area contributed by atoms with E-state index < -0.39 is 17.1 Å². The number of carbonyl (C=O) groups excluding carboxylic acids is 1. The molecule has 104 valence electrons. The normalized spacial score (nSPS) is 13.7. The van der Waals surface area contributed by atoms with Crippen LogP contribution in [0.25, 0.3) is 0 Å². The van der Waals surface area contributed by atoms with Crippen molar-refractivity contribution in [1.29, 1.82) is 0 Å². The first-order valence-corrected chi connectivity index (χ1v) is 5.75. The molecule has 0 bridgehead atoms. The summed E-state index contributed by atoms with van der Waals surface area (Å²) in [7, 11) is 0. The molecule has 0 aromatic heterocycles. The Morgan fingerprint density at radius 1 is 1.53 bits per heavy atom. The second-order valence-corrected chi connectivity index (χ2v) is 4.35. The van der Waals surface area contributed by atoms with Crippen LogP contribution in [0.15, 0.2) is 18.2 Å². The largest absolute Gasteiger partial charge is 0.388 e. The van der Waals surface area contributed by atoms with Crippen LogP contribution in [-0.4, -0.2) is 33.7 Å². The highest BCUT2D eigenvalue weighted by atomic mass is 35.5. The Labute approximate surface area is 114 Å². The van der Waals surface area contributed by atoms with E-state index >= 15 is 0 Å². The Bertz CT molecular complexity index is 494. The zero-order valence-electron chi connectivity index (χ0n) is 10.0. The fourth-order valence-electron chi connectivity index (χ4n) is 1.49. The maximum Gasteiger partial charge on any atom is 0.276 e. The molecule has 0 saturated carbocycles. The van der Waals surface area contributed by atoms with Crippen molar-refractivity contribution in [3.63, 3.8) is 0 Å². The van der Waals surface area contributed by atoms with E-state index in [9.17, 15) is 25.1 Å². The molecule has 1 aromatic rings. The number of nitro benzene ring substituents is 1. The molecular weight excluding hydrogens is 276 g/mol. The molecule has 0 heterocycles. The number of carbonyl (C=O) groups is 1. The van der Waals surface area contributed by atoms with Crippen molar-refractivity contribution in [1.82, 2.24) is 5.32 Å². The molecule has 0 aliphatic carbocycles. The van der Waals surface area contributed by atoms with Crippen molar-refractivity contribution in [2.75, 3.05) is 6.54 Å². The molecule has 0 aliphatic rings. The molecule has 0 radical (unpaired) electrons. The van der Waals surface area contributed by atoms with Crippen LogP contribution in [0.5, 0.6) is 0 Å². The van der Waals surface area contributed by atoms with Gasteiger partial charge >= 0.3 is 0 Å². The predicted molar refractivity (Wildman–Crippen MR) is 67.8 cm³/mol. The van der Waals surface area contributed by atoms with Gasteiger partial charge in [-0.25, -0.2) is 0 Å². The summed E-state index contributed by atoms with van der Waals surface area (Å²) in [6.45, 7) is 1.04. The van der Waals surface area contributed by atoms with Crippen LogP contribution in [0.3, 0.4) is 0 Å². The van der Waals surface area contributed by atoms with E-state index in [2.05, 4.69) is 5.32 Å². The van der Waals surface area contributed by atoms with Crippen molar-refractivity contribution in [2.24, 2.45) is 0 Å². The number of rotatable bonds is 5. The molecule has 0 spiro atoms. The van der Waals surface area contributed by atoms with Crippen molar-refractivity contribution < 1.29 is 19.9 Å². The zero-order valence-corrected chi connectivity index (χ0v) is 10.8. The minimum atomic E-state index is -1.50. The van der Waals surface area contributed by atoms with Gasteiger partial charge in [-0.05, 0) is 12.1 Å². The Kier molecular flexibility index (Phi) is 5.22. The first-order valence-electron chi connectivity index (χ1n) is 5.37. The molecule has 1 aromatic carbocycles. The number of aliphatic hydroxyl groups excluding tert-OH is 2. The van der Waals surface area contributed by atoms with E-state index in [4.69, 9.17) is 11.6 Å². The standard InChI is InChI=1S/C11H13ClN2O5/c1-6(15)13-5-10(16)11(17)8-3-2-7(12)4-9(8)14(18)19/h2-4,10-11,16-17H,5H2,1H3,(H,13,15). The van der Waals surface area contributed by atoms with Crippen LogP contribution in [0.2, 0.25) is 5.02 Å². The van der Waals surface area contributed by atoms with Gasteiger partial charge < -0.3 is 15.5 Å². The van der Waals surface area contributed by atoms with E-state index in [0.717, 1.165) is 6.07 Å². The van der Waals surface area contributed by atoms with Gasteiger partial charge in [-0.1, -0.05) is 11.6 Å². The number of amides is 1. The lowest BCUT2D eigenvalue weighted by atomic mass is 10.0. The van der Waals surface area contributed by atoms with E-state index in [1.54, 1.807) is 0 Å². The van der Waals surface area contributed by atoms with Gasteiger partial charge in [0.25, 0.3) is 5.69 Å². The van der Waals surface area contributed by atoms with Crippen LogP contribution in [0.1, 0.15) is 18.6 Å². The molecule has 0 aliphatic heterocycles. The van der Waals surface area contributed by atoms with Crippen LogP contribution >= 0.6 is 11.6 Å². The van der Waals surface area contributed by atoms with Crippen LogP contribution in [0, 0.1) is 10.1 Å². The molecule has 2 unspecified atom stereocenters. The van der Waals surface area contributed by atoms with Crippen molar-refractivity contribution >= 4 is 23.2 Å². The Hall–Kier alpha value is -1.70. The highest BCUT2D eigenvalue weighted by Gasteiger charge is 2.26. The van der Waals surface area contributed by atoms with E-state index in [-0.39, 0.29) is 28.7 Å². The molecule has 1 rings (SSSR count). The average molecular weight is 289 g/mol. The third kappa shape index (κ3) is 4.16. The minimum Gasteiger partial charge on any atom is -0.388 e. The van der Waals surface area contributed by atoms with Gasteiger partial charge in [0.2, 0.25) is 5.91 Å². The highest BCUT2D eigenvalue weighted by Crippen LogP contribution is 2.29. The third-order valence-corrected chi connectivity index (χ3v) is 2.67. The first kappa shape index (κ1) is 15.4. The number of halogens is 1. The zero-order chi connectivity index (χ0) is 14.6. The summed E-state index contributed by atoms with van der Waals surface area (Å²) >= 11 is 5.64. The van der Waals surface area contributed by atoms with Crippen LogP contribution in [-0.2, 0) is 4.79 Å². The van der Waals surface area contributed by atoms with Crippen LogP contribution in [0.4, 0.5) is 5.69 Å². The molecular formula is C11H13ClN2O5. The van der Waals surface area contributed by atoms with E-state index in [0.29, 0.717) is 0 Å². The fourth-order valence-corrected chi connectivity index (χ4v) is 1.66. The summed E-state index contributed by atoms with van der Waals surface area (Å²) in [6.07, 6.45) is -2.85. The lowest BCUT2D eigenvalue weighted by Crippen LogP contribution is -2.34. The van der Waals surface area contributed by atoms with Gasteiger partial charge in [0.15, 0.2) is 0 Å². The third-order valence-electron chi connectivity index (χ3n) is 2.43. The van der Waals surface area contributed by atoms with Crippen molar-refractivity contribution in [3.8, 4) is 0 Å². The summed E-state index contributed by atoms with van der Waals surface area (Å²) in [6, 6.07) is 3.73. The summed E-state index contributed by atoms with van der Waals surface area (Å²) in [5.74, 6) is -0.378. The van der Waals surface area contributed by atoms with Crippen LogP contribution < -0.4 is 5.32 Å². The van der Waals surface area contributed by atoms with Gasteiger partial charge in [0.05, 0.1) is 10.5 Å². The quantitative estimate of drug-likeness (QED) is 0.547. The highest BCUT2D eigenvalue weighted by molar-refractivity contribution is 6.30. The maximum absolute atomic E-state index is 10.9. The van der Waals surface area contributed by atoms with Crippen molar-refractivity contribution in [2.45, 2.75) is 19.1 Å². The van der Waals surface area contributed by atoms with Gasteiger partial charge in [-0.2, -0.15) is 0 Å². The number of nitrogens with one attached hydrogen (secondary N) is 1. The number of hydrogen-bond donors (Lipinski definition) is 3. The van der Waals surface area contributed by atoms with Gasteiger partial charge in [-0.3, -0.25) is 14.9 Å². The van der Waals surface area contributed by atoms with E-state index in [1.165, 1.54) is 19.1 Å². The molecule has 19 heavy (non-hydrogen) atoms. The Morgan fingerprint density at radius 3 is 2.68 bits per heavy atom. The minimum absolute atomic E-state index is 0.0627. The second kappa shape index (κ2) is 6.46. The smallest absolute Gasteiger partial charge is 0.276 e. The fraction of sp³-hybridized carbons (Fsp3) is 0.364. The summed E-state index contributed by atoms with van der Waals surface area (Å²) < 4.78 is 0. The average Bonchev–Trinajstić information content (AvgIpc) is 2.34. The topological polar surface area (TPSA) is 113 Å². The predicted octanol–water partition coefficient (Wildman–Crippen LogP) is 0.779. The van der Waals surface area contributed by atoms with Gasteiger partial charge in [0.1, 0.15) is 12.2 Å². The number of benzene rings is 1. The molecule has 7 nitrogen and oxygen atoms in total. The molecule has 1 amide bonds. The number of nitrogens with zero attached hydrogens (tertiary/aromatic N) is 1. The molecule has 3 N–H and O–H groups in total. The lowest BCUT2D eigenvalue weighted by Gasteiger charge is -2.18.